The monoisotopic (exact) mass is 319 g/mol. The summed E-state index contributed by atoms with van der Waals surface area (Å²) < 4.78 is 26.3. The first-order valence-electron chi connectivity index (χ1n) is 6.44. The van der Waals surface area contributed by atoms with Crippen LogP contribution in [-0.4, -0.2) is 21.6 Å². The molecule has 1 heterocycles. The van der Waals surface area contributed by atoms with E-state index >= 15 is 0 Å². The van der Waals surface area contributed by atoms with Crippen molar-refractivity contribution in [2.75, 3.05) is 11.1 Å². The topological polar surface area (TPSA) is 57.8 Å². The van der Waals surface area contributed by atoms with E-state index in [9.17, 15) is 13.6 Å². The van der Waals surface area contributed by atoms with Crippen molar-refractivity contribution in [3.05, 3.63) is 54.1 Å². The molecule has 1 aromatic heterocycles. The number of benzene rings is 2. The number of halogens is 2. The van der Waals surface area contributed by atoms with Crippen LogP contribution >= 0.6 is 11.8 Å². The summed E-state index contributed by atoms with van der Waals surface area (Å²) in [6.45, 7) is 0. The van der Waals surface area contributed by atoms with Crippen molar-refractivity contribution in [1.82, 2.24) is 9.97 Å². The van der Waals surface area contributed by atoms with Crippen molar-refractivity contribution in [1.29, 1.82) is 0 Å². The van der Waals surface area contributed by atoms with Crippen LogP contribution in [0.1, 0.15) is 0 Å². The van der Waals surface area contributed by atoms with Crippen molar-refractivity contribution in [2.45, 2.75) is 4.90 Å². The Hall–Kier alpha value is -2.41. The average molecular weight is 319 g/mol. The van der Waals surface area contributed by atoms with Gasteiger partial charge < -0.3 is 4.98 Å². The summed E-state index contributed by atoms with van der Waals surface area (Å²) >= 11 is 0.995. The molecule has 0 aliphatic carbocycles. The summed E-state index contributed by atoms with van der Waals surface area (Å²) in [6.07, 6.45) is 0. The van der Waals surface area contributed by atoms with E-state index in [0.717, 1.165) is 34.9 Å². The van der Waals surface area contributed by atoms with Crippen LogP contribution in [0.5, 0.6) is 0 Å². The standard InChI is InChI=1S/C15H11F2N3OS/c16-9-5-6-13(10(17)7-9)22-8-14(21)20-15-18-11-3-1-2-4-12(11)19-15/h1-7H,8H2,(H2,18,19,20,21). The van der Waals surface area contributed by atoms with Crippen LogP contribution in [0.4, 0.5) is 14.7 Å². The van der Waals surface area contributed by atoms with Crippen LogP contribution in [0.3, 0.4) is 0 Å². The fourth-order valence-corrected chi connectivity index (χ4v) is 2.64. The molecule has 0 saturated carbocycles. The number of fused-ring (bicyclic) bond motifs is 1. The molecule has 0 unspecified atom stereocenters. The summed E-state index contributed by atoms with van der Waals surface area (Å²) in [5.74, 6) is -1.31. The van der Waals surface area contributed by atoms with E-state index in [-0.39, 0.29) is 16.6 Å². The third kappa shape index (κ3) is 3.25. The number of carbonyl (C=O) groups excluding carboxylic acids is 1. The lowest BCUT2D eigenvalue weighted by Gasteiger charge is -2.03. The third-order valence-electron chi connectivity index (χ3n) is 2.90. The molecule has 3 aromatic rings. The maximum absolute atomic E-state index is 13.5. The van der Waals surface area contributed by atoms with E-state index < -0.39 is 11.6 Å². The van der Waals surface area contributed by atoms with E-state index in [4.69, 9.17) is 0 Å². The van der Waals surface area contributed by atoms with E-state index in [0.29, 0.717) is 5.95 Å². The number of amides is 1. The molecule has 0 atom stereocenters. The first-order valence-corrected chi connectivity index (χ1v) is 7.43. The molecule has 0 fully saturated rings. The van der Waals surface area contributed by atoms with Gasteiger partial charge in [-0.15, -0.1) is 11.8 Å². The van der Waals surface area contributed by atoms with Crippen LogP contribution in [0.15, 0.2) is 47.4 Å². The zero-order valence-electron chi connectivity index (χ0n) is 11.3. The largest absolute Gasteiger partial charge is 0.324 e. The lowest BCUT2D eigenvalue weighted by Crippen LogP contribution is -2.15. The molecular formula is C15H11F2N3OS. The number of carbonyl (C=O) groups is 1. The van der Waals surface area contributed by atoms with Crippen molar-refractivity contribution in [3.8, 4) is 0 Å². The van der Waals surface area contributed by atoms with Gasteiger partial charge in [-0.3, -0.25) is 10.1 Å². The number of anilines is 1. The molecule has 4 nitrogen and oxygen atoms in total. The second-order valence-electron chi connectivity index (χ2n) is 4.51. The Labute approximate surface area is 128 Å². The molecule has 0 aliphatic heterocycles. The van der Waals surface area contributed by atoms with Crippen LogP contribution in [0.2, 0.25) is 0 Å². The molecule has 0 saturated heterocycles. The summed E-state index contributed by atoms with van der Waals surface area (Å²) in [6, 6.07) is 10.6. The Morgan fingerprint density at radius 2 is 2.05 bits per heavy atom. The fraction of sp³-hybridized carbons (Fsp3) is 0.0667. The Morgan fingerprint density at radius 3 is 2.82 bits per heavy atom. The third-order valence-corrected chi connectivity index (χ3v) is 3.95. The van der Waals surface area contributed by atoms with Crippen LogP contribution in [0, 0.1) is 11.6 Å². The number of hydrogen-bond acceptors (Lipinski definition) is 3. The normalized spacial score (nSPS) is 10.8. The number of rotatable bonds is 4. The maximum Gasteiger partial charge on any atom is 0.237 e. The maximum atomic E-state index is 13.5. The number of aromatic amines is 1. The number of nitrogens with one attached hydrogen (secondary N) is 2. The zero-order valence-corrected chi connectivity index (χ0v) is 12.1. The molecule has 2 N–H and O–H groups in total. The van der Waals surface area contributed by atoms with Gasteiger partial charge in [-0.25, -0.2) is 13.8 Å². The van der Waals surface area contributed by atoms with Gasteiger partial charge in [-0.1, -0.05) is 12.1 Å². The highest BCUT2D eigenvalue weighted by molar-refractivity contribution is 8.00. The highest BCUT2D eigenvalue weighted by atomic mass is 32.2. The highest BCUT2D eigenvalue weighted by Crippen LogP contribution is 2.22. The molecule has 3 rings (SSSR count). The van der Waals surface area contributed by atoms with Crippen LogP contribution < -0.4 is 5.32 Å². The number of aromatic nitrogens is 2. The van der Waals surface area contributed by atoms with Gasteiger partial charge in [0.1, 0.15) is 11.6 Å². The molecular weight excluding hydrogens is 308 g/mol. The summed E-state index contributed by atoms with van der Waals surface area (Å²) in [5, 5.41) is 2.61. The predicted molar refractivity (Wildman–Crippen MR) is 81.8 cm³/mol. The number of para-hydroxylation sites is 2. The van der Waals surface area contributed by atoms with Crippen molar-refractivity contribution in [3.63, 3.8) is 0 Å². The first kappa shape index (κ1) is 14.5. The Balaban J connectivity index is 1.62. The Kier molecular flexibility index (Phi) is 4.06. The lowest BCUT2D eigenvalue weighted by atomic mass is 10.3. The smallest absolute Gasteiger partial charge is 0.237 e. The molecule has 0 radical (unpaired) electrons. The van der Waals surface area contributed by atoms with E-state index in [1.807, 2.05) is 24.3 Å². The van der Waals surface area contributed by atoms with Gasteiger partial charge in [0, 0.05) is 11.0 Å². The number of hydrogen-bond donors (Lipinski definition) is 2. The number of imidazole rings is 1. The SMILES string of the molecule is O=C(CSc1ccc(F)cc1F)Nc1nc2ccccc2[nH]1. The summed E-state index contributed by atoms with van der Waals surface area (Å²) in [4.78, 5) is 19.3. The highest BCUT2D eigenvalue weighted by Gasteiger charge is 2.10. The number of nitrogens with zero attached hydrogens (tertiary/aromatic N) is 1. The Bertz CT molecular complexity index is 802. The van der Waals surface area contributed by atoms with Crippen LogP contribution in [-0.2, 0) is 4.79 Å². The van der Waals surface area contributed by atoms with Crippen molar-refractivity contribution < 1.29 is 13.6 Å². The van der Waals surface area contributed by atoms with Gasteiger partial charge in [0.2, 0.25) is 11.9 Å². The quantitative estimate of drug-likeness (QED) is 0.723. The minimum Gasteiger partial charge on any atom is -0.324 e. The lowest BCUT2D eigenvalue weighted by molar-refractivity contribution is -0.113. The van der Waals surface area contributed by atoms with Crippen molar-refractivity contribution >= 4 is 34.7 Å². The number of H-pyrrole nitrogens is 1. The molecule has 2 aromatic carbocycles. The average Bonchev–Trinajstić information content (AvgIpc) is 2.88. The fourth-order valence-electron chi connectivity index (χ4n) is 1.92. The van der Waals surface area contributed by atoms with E-state index in [2.05, 4.69) is 15.3 Å². The van der Waals surface area contributed by atoms with Gasteiger partial charge in [-0.2, -0.15) is 0 Å². The van der Waals surface area contributed by atoms with Gasteiger partial charge in [0.15, 0.2) is 0 Å². The second-order valence-corrected chi connectivity index (χ2v) is 5.53. The second kappa shape index (κ2) is 6.15. The van der Waals surface area contributed by atoms with Gasteiger partial charge >= 0.3 is 0 Å². The van der Waals surface area contributed by atoms with E-state index in [1.165, 1.54) is 6.07 Å². The van der Waals surface area contributed by atoms with Gasteiger partial charge in [0.25, 0.3) is 0 Å². The zero-order chi connectivity index (χ0) is 15.5. The van der Waals surface area contributed by atoms with E-state index in [1.54, 1.807) is 0 Å². The predicted octanol–water partition coefficient (Wildman–Crippen LogP) is 3.57. The minimum absolute atomic E-state index is 0.000399. The molecule has 0 spiro atoms. The first-order chi connectivity index (χ1) is 10.6. The molecule has 7 heteroatoms. The molecule has 0 bridgehead atoms. The van der Waals surface area contributed by atoms with Crippen molar-refractivity contribution in [2.24, 2.45) is 0 Å². The summed E-state index contributed by atoms with van der Waals surface area (Å²) in [5.41, 5.74) is 1.56. The Morgan fingerprint density at radius 1 is 1.23 bits per heavy atom. The molecule has 1 amide bonds. The minimum atomic E-state index is -0.679. The summed E-state index contributed by atoms with van der Waals surface area (Å²) in [7, 11) is 0. The molecule has 22 heavy (non-hydrogen) atoms. The van der Waals surface area contributed by atoms with Gasteiger partial charge in [-0.05, 0) is 24.3 Å². The van der Waals surface area contributed by atoms with Crippen LogP contribution in [0.25, 0.3) is 11.0 Å². The number of thioether (sulfide) groups is 1. The van der Waals surface area contributed by atoms with Gasteiger partial charge in [0.05, 0.1) is 16.8 Å². The molecule has 112 valence electrons. The molecule has 0 aliphatic rings.